The smallest absolute Gasteiger partial charge is 0.343 e. The third kappa shape index (κ3) is 3.23. The van der Waals surface area contributed by atoms with Crippen molar-refractivity contribution in [1.82, 2.24) is 4.90 Å². The van der Waals surface area contributed by atoms with Crippen molar-refractivity contribution < 1.29 is 19.1 Å². The van der Waals surface area contributed by atoms with Gasteiger partial charge in [-0.15, -0.1) is 0 Å². The van der Waals surface area contributed by atoms with Crippen LogP contribution >= 0.6 is 0 Å². The molecule has 1 fully saturated rings. The highest BCUT2D eigenvalue weighted by molar-refractivity contribution is 5.83. The molecule has 5 heteroatoms. The number of carboxylic acids is 1. The van der Waals surface area contributed by atoms with Crippen LogP contribution in [0.3, 0.4) is 0 Å². The van der Waals surface area contributed by atoms with Gasteiger partial charge >= 0.3 is 5.97 Å². The van der Waals surface area contributed by atoms with E-state index >= 15 is 0 Å². The molecule has 1 N–H and O–H groups in total. The number of benzene rings is 1. The van der Waals surface area contributed by atoms with E-state index in [1.165, 1.54) is 4.90 Å². The topological polar surface area (TPSA) is 57.6 Å². The largest absolute Gasteiger partial charge is 0.479 e. The normalized spacial score (nSPS) is 22.3. The Morgan fingerprint density at radius 3 is 2.48 bits per heavy atom. The van der Waals surface area contributed by atoms with E-state index in [0.29, 0.717) is 0 Å². The molecule has 1 aliphatic rings. The van der Waals surface area contributed by atoms with Crippen molar-refractivity contribution in [1.29, 1.82) is 0 Å². The molecule has 0 radical (unpaired) electrons. The van der Waals surface area contributed by atoms with Gasteiger partial charge in [-0.2, -0.15) is 0 Å². The van der Waals surface area contributed by atoms with Crippen molar-refractivity contribution >= 4 is 11.9 Å². The average Bonchev–Trinajstić information content (AvgIpc) is 2.84. The van der Waals surface area contributed by atoms with Gasteiger partial charge in [0.05, 0.1) is 6.54 Å². The molecule has 0 aromatic heterocycles. The van der Waals surface area contributed by atoms with Gasteiger partial charge in [0, 0.05) is 19.4 Å². The number of carbonyl (C=O) groups excluding carboxylic acids is 1. The summed E-state index contributed by atoms with van der Waals surface area (Å²) in [6, 6.07) is 9.64. The van der Waals surface area contributed by atoms with Crippen LogP contribution in [0.15, 0.2) is 30.3 Å². The van der Waals surface area contributed by atoms with E-state index in [9.17, 15) is 14.0 Å². The summed E-state index contributed by atoms with van der Waals surface area (Å²) in [7, 11) is 0. The minimum Gasteiger partial charge on any atom is -0.479 e. The Balaban J connectivity index is 2.04. The number of hydrogen-bond donors (Lipinski definition) is 1. The van der Waals surface area contributed by atoms with Gasteiger partial charge in [-0.3, -0.25) is 4.79 Å². The van der Waals surface area contributed by atoms with Crippen LogP contribution in [0.5, 0.6) is 0 Å². The zero-order valence-electron chi connectivity index (χ0n) is 12.3. The van der Waals surface area contributed by atoms with E-state index in [0.717, 1.165) is 5.56 Å². The maximum Gasteiger partial charge on any atom is 0.343 e. The lowest BCUT2D eigenvalue weighted by Gasteiger charge is -2.27. The highest BCUT2D eigenvalue weighted by atomic mass is 19.1. The predicted molar refractivity (Wildman–Crippen MR) is 76.8 cm³/mol. The maximum absolute atomic E-state index is 14.0. The Hall–Kier alpha value is -1.91. The summed E-state index contributed by atoms with van der Waals surface area (Å²) >= 11 is 0. The summed E-state index contributed by atoms with van der Waals surface area (Å²) in [5, 5.41) is 8.87. The van der Waals surface area contributed by atoms with E-state index in [1.54, 1.807) is 0 Å². The second kappa shape index (κ2) is 5.47. The van der Waals surface area contributed by atoms with Crippen molar-refractivity contribution in [2.24, 2.45) is 0 Å². The van der Waals surface area contributed by atoms with E-state index in [-0.39, 0.29) is 37.3 Å². The van der Waals surface area contributed by atoms with Gasteiger partial charge in [0.15, 0.2) is 0 Å². The van der Waals surface area contributed by atoms with Crippen LogP contribution in [0.25, 0.3) is 0 Å². The molecule has 2 rings (SSSR count). The molecule has 114 valence electrons. The molecular weight excluding hydrogens is 273 g/mol. The lowest BCUT2D eigenvalue weighted by molar-refractivity contribution is -0.150. The maximum atomic E-state index is 14.0. The molecule has 0 aliphatic carbocycles. The summed E-state index contributed by atoms with van der Waals surface area (Å²) in [4.78, 5) is 24.5. The Morgan fingerprint density at radius 1 is 1.33 bits per heavy atom. The highest BCUT2D eigenvalue weighted by Gasteiger charge is 2.47. The van der Waals surface area contributed by atoms with E-state index in [1.807, 2.05) is 44.2 Å². The molecule has 1 saturated heterocycles. The van der Waals surface area contributed by atoms with Crippen molar-refractivity contribution in [3.8, 4) is 0 Å². The van der Waals surface area contributed by atoms with Crippen molar-refractivity contribution in [3.05, 3.63) is 35.9 Å². The van der Waals surface area contributed by atoms with Crippen molar-refractivity contribution in [2.45, 2.75) is 37.8 Å². The fourth-order valence-electron chi connectivity index (χ4n) is 2.64. The number of alkyl halides is 1. The number of rotatable bonds is 4. The number of likely N-dealkylation sites (tertiary alicyclic amines) is 1. The van der Waals surface area contributed by atoms with E-state index in [4.69, 9.17) is 5.11 Å². The zero-order valence-corrected chi connectivity index (χ0v) is 12.3. The molecule has 4 nitrogen and oxygen atoms in total. The fraction of sp³-hybridized carbons (Fsp3) is 0.500. The zero-order chi connectivity index (χ0) is 15.7. The second-order valence-corrected chi connectivity index (χ2v) is 6.26. The lowest BCUT2D eigenvalue weighted by atomic mass is 9.81. The minimum absolute atomic E-state index is 0.139. The first-order valence-corrected chi connectivity index (χ1v) is 7.00. The van der Waals surface area contributed by atoms with Gasteiger partial charge in [0.25, 0.3) is 0 Å². The van der Waals surface area contributed by atoms with Gasteiger partial charge in [0.2, 0.25) is 11.6 Å². The van der Waals surface area contributed by atoms with E-state index in [2.05, 4.69) is 0 Å². The second-order valence-electron chi connectivity index (χ2n) is 6.26. The fourth-order valence-corrected chi connectivity index (χ4v) is 2.64. The Bertz CT molecular complexity index is 544. The Labute approximate surface area is 123 Å². The molecule has 1 heterocycles. The summed E-state index contributed by atoms with van der Waals surface area (Å²) < 4.78 is 14.0. The van der Waals surface area contributed by atoms with Gasteiger partial charge in [-0.25, -0.2) is 9.18 Å². The van der Waals surface area contributed by atoms with Crippen LogP contribution in [0.4, 0.5) is 4.39 Å². The first-order valence-electron chi connectivity index (χ1n) is 7.00. The number of halogens is 1. The number of nitrogens with zero attached hydrogens (tertiary/aromatic N) is 1. The number of hydrogen-bond acceptors (Lipinski definition) is 2. The van der Waals surface area contributed by atoms with Crippen molar-refractivity contribution in [2.75, 3.05) is 13.1 Å². The molecule has 1 aliphatic heterocycles. The Kier molecular flexibility index (Phi) is 4.03. The van der Waals surface area contributed by atoms with Gasteiger partial charge < -0.3 is 10.0 Å². The van der Waals surface area contributed by atoms with Crippen LogP contribution in [0, 0.1) is 0 Å². The quantitative estimate of drug-likeness (QED) is 0.927. The first kappa shape index (κ1) is 15.5. The van der Waals surface area contributed by atoms with Crippen molar-refractivity contribution in [3.63, 3.8) is 0 Å². The van der Waals surface area contributed by atoms with Gasteiger partial charge in [0.1, 0.15) is 0 Å². The number of carboxylic acid groups (broad SMARTS) is 1. The molecular formula is C16H20FNO3. The number of amides is 1. The molecule has 1 aromatic rings. The molecule has 1 atom stereocenters. The summed E-state index contributed by atoms with van der Waals surface area (Å²) in [6.45, 7) is 3.71. The monoisotopic (exact) mass is 293 g/mol. The molecule has 0 bridgehead atoms. The lowest BCUT2D eigenvalue weighted by Crippen LogP contribution is -2.40. The van der Waals surface area contributed by atoms with Crippen LogP contribution in [-0.2, 0) is 15.0 Å². The van der Waals surface area contributed by atoms with Crippen LogP contribution in [0.2, 0.25) is 0 Å². The summed E-state index contributed by atoms with van der Waals surface area (Å²) in [5.74, 6) is -1.69. The van der Waals surface area contributed by atoms with Crippen LogP contribution in [-0.4, -0.2) is 40.6 Å². The molecule has 0 spiro atoms. The molecule has 0 saturated carbocycles. The first-order chi connectivity index (χ1) is 9.74. The average molecular weight is 293 g/mol. The SMILES string of the molecule is CC(C)(CC(=O)N1CCC(F)(C(=O)O)C1)c1ccccc1. The number of aliphatic carboxylic acids is 1. The van der Waals surface area contributed by atoms with Gasteiger partial charge in [-0.1, -0.05) is 44.2 Å². The number of carbonyl (C=O) groups is 2. The summed E-state index contributed by atoms with van der Waals surface area (Å²) in [5.41, 5.74) is -1.64. The predicted octanol–water partition coefficient (Wildman–Crippen LogP) is 2.38. The summed E-state index contributed by atoms with van der Waals surface area (Å²) in [6.07, 6.45) is 0.0898. The third-order valence-corrected chi connectivity index (χ3v) is 4.10. The van der Waals surface area contributed by atoms with E-state index < -0.39 is 11.6 Å². The minimum atomic E-state index is -2.30. The molecule has 1 aromatic carbocycles. The third-order valence-electron chi connectivity index (χ3n) is 4.10. The molecule has 21 heavy (non-hydrogen) atoms. The molecule has 1 unspecified atom stereocenters. The van der Waals surface area contributed by atoms with Crippen LogP contribution in [0.1, 0.15) is 32.3 Å². The molecule has 1 amide bonds. The standard InChI is InChI=1S/C16H20FNO3/c1-15(2,12-6-4-3-5-7-12)10-13(19)18-9-8-16(17,11-18)14(20)21/h3-7H,8-11H2,1-2H3,(H,20,21). The van der Waals surface area contributed by atoms with Crippen LogP contribution < -0.4 is 0 Å². The highest BCUT2D eigenvalue weighted by Crippen LogP contribution is 2.31. The Morgan fingerprint density at radius 2 is 1.95 bits per heavy atom. The van der Waals surface area contributed by atoms with Gasteiger partial charge in [-0.05, 0) is 11.0 Å².